The molecule has 22 heavy (non-hydrogen) atoms. The monoisotopic (exact) mass is 315 g/mol. The molecule has 0 saturated carbocycles. The van der Waals surface area contributed by atoms with Gasteiger partial charge in [-0.2, -0.15) is 4.72 Å². The summed E-state index contributed by atoms with van der Waals surface area (Å²) in [5.41, 5.74) is 0.975. The molecule has 4 nitrogen and oxygen atoms in total. The summed E-state index contributed by atoms with van der Waals surface area (Å²) in [5.74, 6) is 3.08. The molecule has 0 heterocycles. The van der Waals surface area contributed by atoms with Gasteiger partial charge in [-0.25, -0.2) is 8.42 Å². The van der Waals surface area contributed by atoms with Crippen LogP contribution >= 0.6 is 0 Å². The second kappa shape index (κ2) is 7.12. The lowest BCUT2D eigenvalue weighted by Crippen LogP contribution is -2.35. The Balaban J connectivity index is 2.13. The normalized spacial score (nSPS) is 12.4. The summed E-state index contributed by atoms with van der Waals surface area (Å²) in [6.45, 7) is 0. The fourth-order valence-corrected chi connectivity index (χ4v) is 3.15. The molecular formula is C17H17NO3S. The first-order valence-corrected chi connectivity index (χ1v) is 8.20. The second-order valence-electron chi connectivity index (χ2n) is 4.71. The topological polar surface area (TPSA) is 55.4 Å². The third-order valence-electron chi connectivity index (χ3n) is 3.15. The number of nitrogens with one attached hydrogen (secondary N) is 1. The summed E-state index contributed by atoms with van der Waals surface area (Å²) < 4.78 is 32.2. The molecular weight excluding hydrogens is 298 g/mol. The van der Waals surface area contributed by atoms with Crippen LogP contribution < -0.4 is 9.46 Å². The third-order valence-corrected chi connectivity index (χ3v) is 4.64. The van der Waals surface area contributed by atoms with E-state index < -0.39 is 16.1 Å². The van der Waals surface area contributed by atoms with E-state index in [1.165, 1.54) is 19.2 Å². The van der Waals surface area contributed by atoms with E-state index in [1.807, 2.05) is 30.3 Å². The predicted octanol–water partition coefficient (Wildman–Crippen LogP) is 2.22. The van der Waals surface area contributed by atoms with Gasteiger partial charge in [-0.3, -0.25) is 0 Å². The lowest BCUT2D eigenvalue weighted by Gasteiger charge is -2.14. The number of hydrogen-bond acceptors (Lipinski definition) is 3. The van der Waals surface area contributed by atoms with Crippen molar-refractivity contribution in [1.29, 1.82) is 0 Å². The van der Waals surface area contributed by atoms with Gasteiger partial charge in [0.25, 0.3) is 0 Å². The van der Waals surface area contributed by atoms with Crippen molar-refractivity contribution in [3.63, 3.8) is 0 Å². The molecule has 114 valence electrons. The maximum absolute atomic E-state index is 12.3. The van der Waals surface area contributed by atoms with Crippen molar-refractivity contribution < 1.29 is 13.2 Å². The van der Waals surface area contributed by atoms with Gasteiger partial charge in [-0.15, -0.1) is 6.42 Å². The first-order valence-electron chi connectivity index (χ1n) is 6.71. The fraction of sp³-hybridized carbons (Fsp3) is 0.176. The SMILES string of the molecule is C#C[C@H](Cc1ccccc1)NS(=O)(=O)c1ccc(OC)cc1. The highest BCUT2D eigenvalue weighted by molar-refractivity contribution is 7.89. The van der Waals surface area contributed by atoms with Crippen LogP contribution in [-0.2, 0) is 16.4 Å². The van der Waals surface area contributed by atoms with Gasteiger partial charge < -0.3 is 4.74 Å². The Kier molecular flexibility index (Phi) is 5.21. The molecule has 0 aliphatic rings. The summed E-state index contributed by atoms with van der Waals surface area (Å²) in [6, 6.07) is 15.0. The van der Waals surface area contributed by atoms with Crippen molar-refractivity contribution >= 4 is 10.0 Å². The Hall–Kier alpha value is -2.29. The molecule has 2 rings (SSSR count). The molecule has 1 atom stereocenters. The molecule has 0 bridgehead atoms. The van der Waals surface area contributed by atoms with Gasteiger partial charge in [0.1, 0.15) is 5.75 Å². The summed E-state index contributed by atoms with van der Waals surface area (Å²) >= 11 is 0. The Morgan fingerprint density at radius 1 is 1.14 bits per heavy atom. The second-order valence-corrected chi connectivity index (χ2v) is 6.42. The van der Waals surface area contributed by atoms with Crippen LogP contribution in [0.25, 0.3) is 0 Å². The van der Waals surface area contributed by atoms with Crippen molar-refractivity contribution in [3.05, 3.63) is 60.2 Å². The average Bonchev–Trinajstić information content (AvgIpc) is 2.55. The van der Waals surface area contributed by atoms with Crippen LogP contribution in [0.5, 0.6) is 5.75 Å². The number of rotatable bonds is 6. The Morgan fingerprint density at radius 2 is 1.77 bits per heavy atom. The van der Waals surface area contributed by atoms with Crippen molar-refractivity contribution in [2.75, 3.05) is 7.11 Å². The largest absolute Gasteiger partial charge is 0.497 e. The standard InChI is InChI=1S/C17H17NO3S/c1-3-15(13-14-7-5-4-6-8-14)18-22(19,20)17-11-9-16(21-2)10-12-17/h1,4-12,15,18H,13H2,2H3/t15-/m1/s1. The van der Waals surface area contributed by atoms with E-state index in [1.54, 1.807) is 12.1 Å². The van der Waals surface area contributed by atoms with Crippen LogP contribution in [0.1, 0.15) is 5.56 Å². The number of hydrogen-bond donors (Lipinski definition) is 1. The van der Waals surface area contributed by atoms with Gasteiger partial charge in [-0.05, 0) is 36.2 Å². The van der Waals surface area contributed by atoms with E-state index in [9.17, 15) is 8.42 Å². The fourth-order valence-electron chi connectivity index (χ4n) is 1.99. The molecule has 5 heteroatoms. The van der Waals surface area contributed by atoms with Crippen LogP contribution in [0.4, 0.5) is 0 Å². The minimum Gasteiger partial charge on any atom is -0.497 e. The van der Waals surface area contributed by atoms with Gasteiger partial charge in [0.15, 0.2) is 0 Å². The van der Waals surface area contributed by atoms with Crippen LogP contribution in [0.2, 0.25) is 0 Å². The zero-order valence-electron chi connectivity index (χ0n) is 12.2. The number of benzene rings is 2. The molecule has 0 saturated heterocycles. The summed E-state index contributed by atoms with van der Waals surface area (Å²) in [6.07, 6.45) is 5.89. The quantitative estimate of drug-likeness (QED) is 0.832. The molecule has 1 N–H and O–H groups in total. The van der Waals surface area contributed by atoms with Gasteiger partial charge >= 0.3 is 0 Å². The Labute approximate surface area is 131 Å². The molecule has 2 aromatic carbocycles. The van der Waals surface area contributed by atoms with Crippen molar-refractivity contribution in [3.8, 4) is 18.1 Å². The zero-order chi connectivity index (χ0) is 16.0. The molecule has 0 unspecified atom stereocenters. The van der Waals surface area contributed by atoms with E-state index >= 15 is 0 Å². The van der Waals surface area contributed by atoms with Crippen LogP contribution in [0.15, 0.2) is 59.5 Å². The predicted molar refractivity (Wildman–Crippen MR) is 86.1 cm³/mol. The molecule has 0 fully saturated rings. The van der Waals surface area contributed by atoms with Gasteiger partial charge in [0.05, 0.1) is 18.0 Å². The highest BCUT2D eigenvalue weighted by atomic mass is 32.2. The molecule has 0 amide bonds. The minimum absolute atomic E-state index is 0.154. The minimum atomic E-state index is -3.66. The van der Waals surface area contributed by atoms with E-state index in [-0.39, 0.29) is 4.90 Å². The smallest absolute Gasteiger partial charge is 0.241 e. The first-order chi connectivity index (χ1) is 10.5. The maximum atomic E-state index is 12.3. The summed E-state index contributed by atoms with van der Waals surface area (Å²) in [5, 5.41) is 0. The highest BCUT2D eigenvalue weighted by Gasteiger charge is 2.19. The Bertz CT molecular complexity index is 747. The number of terminal acetylenes is 1. The maximum Gasteiger partial charge on any atom is 0.241 e. The van der Waals surface area contributed by atoms with Crippen molar-refractivity contribution in [1.82, 2.24) is 4.72 Å². The lowest BCUT2D eigenvalue weighted by atomic mass is 10.1. The van der Waals surface area contributed by atoms with E-state index in [4.69, 9.17) is 11.2 Å². The number of sulfonamides is 1. The van der Waals surface area contributed by atoms with E-state index in [0.29, 0.717) is 12.2 Å². The van der Waals surface area contributed by atoms with E-state index in [2.05, 4.69) is 10.6 Å². The molecule has 0 aromatic heterocycles. The molecule has 0 radical (unpaired) electrons. The van der Waals surface area contributed by atoms with Crippen molar-refractivity contribution in [2.24, 2.45) is 0 Å². The number of methoxy groups -OCH3 is 1. The molecule has 0 aliphatic heterocycles. The van der Waals surface area contributed by atoms with E-state index in [0.717, 1.165) is 5.56 Å². The summed E-state index contributed by atoms with van der Waals surface area (Å²) in [4.78, 5) is 0.154. The van der Waals surface area contributed by atoms with Crippen LogP contribution in [-0.4, -0.2) is 21.6 Å². The van der Waals surface area contributed by atoms with Gasteiger partial charge in [0, 0.05) is 0 Å². The lowest BCUT2D eigenvalue weighted by molar-refractivity contribution is 0.414. The molecule has 0 aliphatic carbocycles. The van der Waals surface area contributed by atoms with Crippen molar-refractivity contribution in [2.45, 2.75) is 17.4 Å². The Morgan fingerprint density at radius 3 is 2.32 bits per heavy atom. The third kappa shape index (κ3) is 4.10. The average molecular weight is 315 g/mol. The number of ether oxygens (including phenoxy) is 1. The summed E-state index contributed by atoms with van der Waals surface area (Å²) in [7, 11) is -2.14. The van der Waals surface area contributed by atoms with Gasteiger partial charge in [-0.1, -0.05) is 36.3 Å². The first kappa shape index (κ1) is 16.1. The highest BCUT2D eigenvalue weighted by Crippen LogP contribution is 2.16. The molecule has 2 aromatic rings. The molecule has 0 spiro atoms. The van der Waals surface area contributed by atoms with Crippen LogP contribution in [0.3, 0.4) is 0 Å². The zero-order valence-corrected chi connectivity index (χ0v) is 13.0. The van der Waals surface area contributed by atoms with Gasteiger partial charge in [0.2, 0.25) is 10.0 Å². The van der Waals surface area contributed by atoms with Crippen LogP contribution in [0, 0.1) is 12.3 Å².